The monoisotopic (exact) mass is 253 g/mol. The first kappa shape index (κ1) is 13.5. The summed E-state index contributed by atoms with van der Waals surface area (Å²) < 4.78 is 0. The predicted octanol–water partition coefficient (Wildman–Crippen LogP) is 0.406. The number of hydrogen-bond acceptors (Lipinski definition) is 4. The van der Waals surface area contributed by atoms with Crippen LogP contribution in [0.5, 0.6) is 0 Å². The molecule has 0 aliphatic carbocycles. The van der Waals surface area contributed by atoms with Gasteiger partial charge in [-0.3, -0.25) is 19.9 Å². The average Bonchev–Trinajstić information content (AvgIpc) is 2.80. The Labute approximate surface area is 105 Å². The number of amides is 2. The highest BCUT2D eigenvalue weighted by atomic mass is 32.2. The van der Waals surface area contributed by atoms with Crippen LogP contribution in [-0.2, 0) is 9.59 Å². The minimum absolute atomic E-state index is 0.317. The lowest BCUT2D eigenvalue weighted by atomic mass is 10.4. The van der Waals surface area contributed by atoms with Gasteiger partial charge in [-0.2, -0.15) is 0 Å². The molecule has 2 amide bonds. The zero-order valence-corrected chi connectivity index (χ0v) is 10.3. The summed E-state index contributed by atoms with van der Waals surface area (Å²) >= 11 is 1.43. The van der Waals surface area contributed by atoms with E-state index in [0.29, 0.717) is 24.8 Å². The Hall–Kier alpha value is -1.56. The summed E-state index contributed by atoms with van der Waals surface area (Å²) in [5.41, 5.74) is 0. The summed E-state index contributed by atoms with van der Waals surface area (Å²) in [6.07, 6.45) is 3.13. The maximum atomic E-state index is 11.8. The highest BCUT2D eigenvalue weighted by Gasteiger charge is 2.22. The van der Waals surface area contributed by atoms with Gasteiger partial charge >= 0.3 is 11.8 Å². The second-order valence-electron chi connectivity index (χ2n) is 3.28. The number of thioether (sulfide) groups is 1. The maximum Gasteiger partial charge on any atom is 0.315 e. The predicted molar refractivity (Wildman–Crippen MR) is 69.9 cm³/mol. The fraction of sp³-hybridized carbons (Fsp3) is 0.364. The Morgan fingerprint density at radius 2 is 2.06 bits per heavy atom. The van der Waals surface area contributed by atoms with Crippen molar-refractivity contribution < 1.29 is 9.59 Å². The van der Waals surface area contributed by atoms with E-state index in [1.807, 2.05) is 0 Å². The Morgan fingerprint density at radius 3 is 2.53 bits per heavy atom. The summed E-state index contributed by atoms with van der Waals surface area (Å²) in [5, 5.41) is 3.00. The van der Waals surface area contributed by atoms with Gasteiger partial charge in [-0.25, -0.2) is 0 Å². The number of carbonyl (C=O) groups is 2. The van der Waals surface area contributed by atoms with E-state index in [0.717, 1.165) is 5.75 Å². The van der Waals surface area contributed by atoms with Crippen LogP contribution in [0.4, 0.5) is 0 Å². The zero-order valence-electron chi connectivity index (χ0n) is 9.52. The van der Waals surface area contributed by atoms with Gasteiger partial charge in [-0.05, 0) is 0 Å². The molecule has 1 aliphatic heterocycles. The van der Waals surface area contributed by atoms with Gasteiger partial charge in [-0.15, -0.1) is 13.2 Å². The topological polar surface area (TPSA) is 61.8 Å². The normalized spacial score (nSPS) is 13.8. The van der Waals surface area contributed by atoms with Gasteiger partial charge in [0.05, 0.1) is 6.54 Å². The van der Waals surface area contributed by atoms with Crippen molar-refractivity contribution in [2.75, 3.05) is 25.4 Å². The van der Waals surface area contributed by atoms with Crippen molar-refractivity contribution in [3.05, 3.63) is 25.3 Å². The Morgan fingerprint density at radius 1 is 1.41 bits per heavy atom. The summed E-state index contributed by atoms with van der Waals surface area (Å²) in [4.78, 5) is 28.8. The largest absolute Gasteiger partial charge is 0.327 e. The molecular weight excluding hydrogens is 238 g/mol. The summed E-state index contributed by atoms with van der Waals surface area (Å²) in [6, 6.07) is 0. The zero-order chi connectivity index (χ0) is 12.7. The number of aliphatic imine (C=N–C) groups is 1. The van der Waals surface area contributed by atoms with Crippen molar-refractivity contribution in [3.63, 3.8) is 0 Å². The number of hydrogen-bond donors (Lipinski definition) is 1. The number of carbonyl (C=O) groups excluding carboxylic acids is 2. The van der Waals surface area contributed by atoms with E-state index in [4.69, 9.17) is 0 Å². The summed E-state index contributed by atoms with van der Waals surface area (Å²) in [6.45, 7) is 8.39. The molecule has 0 radical (unpaired) electrons. The van der Waals surface area contributed by atoms with Gasteiger partial charge in [0.15, 0.2) is 5.17 Å². The summed E-state index contributed by atoms with van der Waals surface area (Å²) in [5.74, 6) is -0.422. The lowest BCUT2D eigenvalue weighted by Crippen LogP contribution is -2.44. The van der Waals surface area contributed by atoms with Gasteiger partial charge in [-0.1, -0.05) is 23.9 Å². The molecule has 0 fully saturated rings. The number of amidine groups is 1. The Balaban J connectivity index is 2.55. The van der Waals surface area contributed by atoms with Gasteiger partial charge in [0.1, 0.15) is 0 Å². The van der Waals surface area contributed by atoms with Crippen LogP contribution in [0.25, 0.3) is 0 Å². The molecule has 0 bridgehead atoms. The molecule has 1 N–H and O–H groups in total. The first-order chi connectivity index (χ1) is 8.19. The van der Waals surface area contributed by atoms with E-state index < -0.39 is 11.8 Å². The van der Waals surface area contributed by atoms with Crippen LogP contribution < -0.4 is 5.32 Å². The lowest BCUT2D eigenvalue weighted by Gasteiger charge is -2.18. The maximum absolute atomic E-state index is 11.8. The molecule has 0 aromatic rings. The third-order valence-corrected chi connectivity index (χ3v) is 2.88. The van der Waals surface area contributed by atoms with Crippen LogP contribution in [0.2, 0.25) is 0 Å². The van der Waals surface area contributed by atoms with Crippen molar-refractivity contribution in [1.82, 2.24) is 10.2 Å². The minimum Gasteiger partial charge on any atom is -0.327 e. The van der Waals surface area contributed by atoms with Crippen molar-refractivity contribution in [2.45, 2.75) is 0 Å². The van der Waals surface area contributed by atoms with E-state index in [9.17, 15) is 9.59 Å². The standard InChI is InChI=1S/C11H15N3O2S/c1-3-6-14(7-4-2)10(16)9(15)13-11-12-5-8-17-11/h3-4H,1-2,5-8H2,(H,12,13,15). The van der Waals surface area contributed by atoms with Crippen molar-refractivity contribution >= 4 is 28.7 Å². The molecule has 0 aromatic heterocycles. The highest BCUT2D eigenvalue weighted by molar-refractivity contribution is 8.14. The molecule has 1 aliphatic rings. The quantitative estimate of drug-likeness (QED) is 0.583. The van der Waals surface area contributed by atoms with Gasteiger partial charge < -0.3 is 4.90 Å². The van der Waals surface area contributed by atoms with Gasteiger partial charge in [0.2, 0.25) is 0 Å². The molecule has 0 atom stereocenters. The summed E-state index contributed by atoms with van der Waals surface area (Å²) in [7, 11) is 0. The molecule has 0 saturated carbocycles. The number of nitrogens with zero attached hydrogens (tertiary/aromatic N) is 2. The fourth-order valence-electron chi connectivity index (χ4n) is 1.26. The van der Waals surface area contributed by atoms with Gasteiger partial charge in [0.25, 0.3) is 0 Å². The molecule has 6 heteroatoms. The highest BCUT2D eigenvalue weighted by Crippen LogP contribution is 2.08. The van der Waals surface area contributed by atoms with E-state index in [-0.39, 0.29) is 0 Å². The van der Waals surface area contributed by atoms with E-state index in [1.54, 1.807) is 12.2 Å². The molecule has 0 spiro atoms. The molecule has 0 aromatic carbocycles. The Kier molecular flexibility index (Phi) is 5.48. The van der Waals surface area contributed by atoms with Crippen molar-refractivity contribution in [2.24, 2.45) is 4.99 Å². The molecule has 5 nitrogen and oxygen atoms in total. The number of nitrogens with one attached hydrogen (secondary N) is 1. The van der Waals surface area contributed by atoms with E-state index in [1.165, 1.54) is 16.7 Å². The van der Waals surface area contributed by atoms with Crippen LogP contribution in [0, 0.1) is 0 Å². The minimum atomic E-state index is -0.665. The van der Waals surface area contributed by atoms with Crippen LogP contribution >= 0.6 is 11.8 Å². The Bertz CT molecular complexity index is 356. The van der Waals surface area contributed by atoms with Crippen molar-refractivity contribution in [3.8, 4) is 0 Å². The fourth-order valence-corrected chi connectivity index (χ4v) is 1.98. The second-order valence-corrected chi connectivity index (χ2v) is 4.36. The molecule has 17 heavy (non-hydrogen) atoms. The molecule has 0 unspecified atom stereocenters. The van der Waals surface area contributed by atoms with Crippen LogP contribution in [0.1, 0.15) is 0 Å². The molecule has 0 saturated heterocycles. The van der Waals surface area contributed by atoms with Crippen LogP contribution in [-0.4, -0.2) is 47.3 Å². The van der Waals surface area contributed by atoms with Crippen LogP contribution in [0.15, 0.2) is 30.3 Å². The molecule has 1 rings (SSSR count). The van der Waals surface area contributed by atoms with Gasteiger partial charge in [0, 0.05) is 18.8 Å². The first-order valence-electron chi connectivity index (χ1n) is 5.18. The molecule has 1 heterocycles. The molecular formula is C11H15N3O2S. The SMILES string of the molecule is C=CCN(CC=C)C(=O)C(=O)NC1=NCCS1. The first-order valence-corrected chi connectivity index (χ1v) is 6.17. The van der Waals surface area contributed by atoms with Crippen molar-refractivity contribution in [1.29, 1.82) is 0 Å². The molecule has 92 valence electrons. The third-order valence-electron chi connectivity index (χ3n) is 1.99. The second kappa shape index (κ2) is 6.90. The smallest absolute Gasteiger partial charge is 0.315 e. The number of rotatable bonds is 4. The lowest BCUT2D eigenvalue weighted by molar-refractivity contribution is -0.144. The van der Waals surface area contributed by atoms with E-state index >= 15 is 0 Å². The van der Waals surface area contributed by atoms with Crippen LogP contribution in [0.3, 0.4) is 0 Å². The van der Waals surface area contributed by atoms with E-state index in [2.05, 4.69) is 23.5 Å². The average molecular weight is 253 g/mol. The third kappa shape index (κ3) is 4.07.